The average Bonchev–Trinajstić information content (AvgIpc) is 3.19. The van der Waals surface area contributed by atoms with Crippen LogP contribution in [-0.2, 0) is 21.4 Å². The highest BCUT2D eigenvalue weighted by molar-refractivity contribution is 7.89. The van der Waals surface area contributed by atoms with Gasteiger partial charge in [-0.1, -0.05) is 12.1 Å². The molecule has 1 heterocycles. The molecule has 1 saturated heterocycles. The number of anilines is 1. The lowest BCUT2D eigenvalue weighted by molar-refractivity contribution is -0.885. The van der Waals surface area contributed by atoms with E-state index in [1.165, 1.54) is 28.6 Å². The molecule has 0 saturated carbocycles. The summed E-state index contributed by atoms with van der Waals surface area (Å²) in [6.45, 7) is 1.96. The number of halogens is 1. The summed E-state index contributed by atoms with van der Waals surface area (Å²) in [5, 5.41) is 2.79. The van der Waals surface area contributed by atoms with E-state index in [4.69, 9.17) is 0 Å². The monoisotopic (exact) mass is 406 g/mol. The van der Waals surface area contributed by atoms with Gasteiger partial charge in [0.05, 0.1) is 11.9 Å². The van der Waals surface area contributed by atoms with Gasteiger partial charge in [0.1, 0.15) is 12.4 Å². The number of carbonyl (C=O) groups excluding carboxylic acids is 1. The van der Waals surface area contributed by atoms with Gasteiger partial charge in [-0.05, 0) is 49.2 Å². The summed E-state index contributed by atoms with van der Waals surface area (Å²) in [7, 11) is -1.57. The summed E-state index contributed by atoms with van der Waals surface area (Å²) >= 11 is 0. The fraction of sp³-hybridized carbons (Fsp3) is 0.350. The maximum atomic E-state index is 13.0. The highest BCUT2D eigenvalue weighted by Crippen LogP contribution is 2.22. The molecule has 1 aliphatic rings. The van der Waals surface area contributed by atoms with Crippen molar-refractivity contribution in [2.24, 2.45) is 0 Å². The lowest BCUT2D eigenvalue weighted by Gasteiger charge is -2.16. The Kier molecular flexibility index (Phi) is 6.43. The quantitative estimate of drug-likeness (QED) is 0.727. The molecule has 0 aliphatic carbocycles. The van der Waals surface area contributed by atoms with Crippen LogP contribution in [0.25, 0.3) is 0 Å². The fourth-order valence-electron chi connectivity index (χ4n) is 3.28. The van der Waals surface area contributed by atoms with Crippen molar-refractivity contribution in [3.63, 3.8) is 0 Å². The summed E-state index contributed by atoms with van der Waals surface area (Å²) in [4.78, 5) is 13.4. The van der Waals surface area contributed by atoms with E-state index in [-0.39, 0.29) is 23.2 Å². The number of benzene rings is 2. The number of nitrogens with zero attached hydrogens (tertiary/aromatic N) is 1. The molecule has 8 heteroatoms. The Bertz CT molecular complexity index is 909. The lowest BCUT2D eigenvalue weighted by Crippen LogP contribution is -3.08. The third kappa shape index (κ3) is 5.15. The van der Waals surface area contributed by atoms with E-state index in [2.05, 4.69) is 5.32 Å². The van der Waals surface area contributed by atoms with E-state index in [0.717, 1.165) is 23.3 Å². The number of quaternary nitrogens is 1. The molecule has 3 rings (SSSR count). The largest absolute Gasteiger partial charge is 0.326 e. The van der Waals surface area contributed by atoms with Gasteiger partial charge in [0.2, 0.25) is 10.0 Å². The Morgan fingerprint density at radius 2 is 1.68 bits per heavy atom. The zero-order valence-corrected chi connectivity index (χ0v) is 16.6. The Morgan fingerprint density at radius 3 is 2.29 bits per heavy atom. The Labute approximate surface area is 165 Å². The first-order chi connectivity index (χ1) is 13.3. The number of hydrogen-bond donors (Lipinski definition) is 2. The van der Waals surface area contributed by atoms with Crippen LogP contribution in [0.15, 0.2) is 53.4 Å². The molecule has 1 unspecified atom stereocenters. The first-order valence-electron chi connectivity index (χ1n) is 9.30. The van der Waals surface area contributed by atoms with Crippen LogP contribution in [0.5, 0.6) is 0 Å². The SMILES string of the molecule is C[NH+](CC(=O)Nc1ccc(S(=O)(=O)N2CCCC2)cc1)Cc1ccc(F)cc1. The number of carbonyl (C=O) groups is 1. The van der Waals surface area contributed by atoms with E-state index < -0.39 is 10.0 Å². The van der Waals surface area contributed by atoms with E-state index in [0.29, 0.717) is 25.3 Å². The van der Waals surface area contributed by atoms with Crippen molar-refractivity contribution in [2.45, 2.75) is 24.3 Å². The van der Waals surface area contributed by atoms with Crippen LogP contribution >= 0.6 is 0 Å². The molecule has 2 N–H and O–H groups in total. The smallest absolute Gasteiger partial charge is 0.279 e. The molecule has 28 heavy (non-hydrogen) atoms. The molecule has 0 aromatic heterocycles. The molecule has 1 aliphatic heterocycles. The lowest BCUT2D eigenvalue weighted by atomic mass is 10.2. The zero-order chi connectivity index (χ0) is 20.1. The van der Waals surface area contributed by atoms with Crippen molar-refractivity contribution in [3.8, 4) is 0 Å². The minimum Gasteiger partial charge on any atom is -0.326 e. The Hall–Kier alpha value is -2.29. The maximum absolute atomic E-state index is 13.0. The van der Waals surface area contributed by atoms with Gasteiger partial charge in [-0.3, -0.25) is 4.79 Å². The minimum absolute atomic E-state index is 0.172. The van der Waals surface area contributed by atoms with Crippen LogP contribution in [0, 0.1) is 5.82 Å². The van der Waals surface area contributed by atoms with Gasteiger partial charge < -0.3 is 10.2 Å². The van der Waals surface area contributed by atoms with Crippen LogP contribution in [0.3, 0.4) is 0 Å². The molecule has 2 aromatic carbocycles. The molecular weight excluding hydrogens is 381 g/mol. The van der Waals surface area contributed by atoms with Gasteiger partial charge in [-0.15, -0.1) is 0 Å². The summed E-state index contributed by atoms with van der Waals surface area (Å²) < 4.78 is 39.5. The van der Waals surface area contributed by atoms with Crippen molar-refractivity contribution in [3.05, 3.63) is 59.9 Å². The first kappa shape index (κ1) is 20.4. The number of amides is 1. The highest BCUT2D eigenvalue weighted by atomic mass is 32.2. The summed E-state index contributed by atoms with van der Waals surface area (Å²) in [5.41, 5.74) is 1.50. The van der Waals surface area contributed by atoms with Crippen molar-refractivity contribution < 1.29 is 22.5 Å². The minimum atomic E-state index is -3.45. The number of sulfonamides is 1. The van der Waals surface area contributed by atoms with Gasteiger partial charge in [0.15, 0.2) is 6.54 Å². The topological polar surface area (TPSA) is 70.9 Å². The van der Waals surface area contributed by atoms with E-state index in [9.17, 15) is 17.6 Å². The second-order valence-electron chi connectivity index (χ2n) is 7.12. The van der Waals surface area contributed by atoms with Gasteiger partial charge >= 0.3 is 0 Å². The molecule has 1 atom stereocenters. The predicted molar refractivity (Wildman–Crippen MR) is 105 cm³/mol. The third-order valence-corrected chi connectivity index (χ3v) is 6.64. The second-order valence-corrected chi connectivity index (χ2v) is 9.06. The van der Waals surface area contributed by atoms with Crippen LogP contribution in [0.1, 0.15) is 18.4 Å². The maximum Gasteiger partial charge on any atom is 0.279 e. The molecule has 0 spiro atoms. The highest BCUT2D eigenvalue weighted by Gasteiger charge is 2.26. The van der Waals surface area contributed by atoms with Crippen molar-refractivity contribution in [1.82, 2.24) is 4.31 Å². The summed E-state index contributed by atoms with van der Waals surface area (Å²) in [6, 6.07) is 12.5. The third-order valence-electron chi connectivity index (χ3n) is 4.72. The normalized spacial score (nSPS) is 16.1. The first-order valence-corrected chi connectivity index (χ1v) is 10.7. The number of rotatable bonds is 7. The standard InChI is InChI=1S/C20H24FN3O3S/c1-23(14-16-4-6-17(21)7-5-16)15-20(25)22-18-8-10-19(11-9-18)28(26,27)24-12-2-3-13-24/h4-11H,2-3,12-15H2,1H3,(H,22,25)/p+1. The van der Waals surface area contributed by atoms with Gasteiger partial charge in [0, 0.05) is 24.3 Å². The van der Waals surface area contributed by atoms with Crippen molar-refractivity contribution in [2.75, 3.05) is 32.0 Å². The van der Waals surface area contributed by atoms with Gasteiger partial charge in [-0.25, -0.2) is 12.8 Å². The van der Waals surface area contributed by atoms with Gasteiger partial charge in [-0.2, -0.15) is 4.31 Å². The van der Waals surface area contributed by atoms with Gasteiger partial charge in [0.25, 0.3) is 5.91 Å². The fourth-order valence-corrected chi connectivity index (χ4v) is 4.80. The molecular formula is C20H25FN3O3S+. The predicted octanol–water partition coefficient (Wildman–Crippen LogP) is 1.26. The Morgan fingerprint density at radius 1 is 1.07 bits per heavy atom. The number of hydrogen-bond acceptors (Lipinski definition) is 3. The van der Waals surface area contributed by atoms with Crippen LogP contribution in [-0.4, -0.2) is 45.3 Å². The number of likely N-dealkylation sites (N-methyl/N-ethyl adjacent to an activating group) is 1. The second kappa shape index (κ2) is 8.81. The van der Waals surface area contributed by atoms with Crippen molar-refractivity contribution in [1.29, 1.82) is 0 Å². The molecule has 1 amide bonds. The van der Waals surface area contributed by atoms with Crippen LogP contribution < -0.4 is 10.2 Å². The zero-order valence-electron chi connectivity index (χ0n) is 15.8. The van der Waals surface area contributed by atoms with E-state index >= 15 is 0 Å². The summed E-state index contributed by atoms with van der Waals surface area (Å²) in [6.07, 6.45) is 1.78. The molecule has 0 bridgehead atoms. The van der Waals surface area contributed by atoms with Crippen LogP contribution in [0.2, 0.25) is 0 Å². The molecule has 1 fully saturated rings. The van der Waals surface area contributed by atoms with Crippen LogP contribution in [0.4, 0.5) is 10.1 Å². The average molecular weight is 407 g/mol. The molecule has 0 radical (unpaired) electrons. The molecule has 150 valence electrons. The number of nitrogens with one attached hydrogen (secondary N) is 2. The van der Waals surface area contributed by atoms with E-state index in [1.54, 1.807) is 24.3 Å². The molecule has 6 nitrogen and oxygen atoms in total. The van der Waals surface area contributed by atoms with E-state index in [1.807, 2.05) is 7.05 Å². The molecule has 2 aromatic rings. The Balaban J connectivity index is 1.54. The summed E-state index contributed by atoms with van der Waals surface area (Å²) in [5.74, 6) is -0.455. The van der Waals surface area contributed by atoms with Crippen molar-refractivity contribution >= 4 is 21.6 Å².